The summed E-state index contributed by atoms with van der Waals surface area (Å²) in [6, 6.07) is 5.55. The molecule has 3 N–H and O–H groups in total. The summed E-state index contributed by atoms with van der Waals surface area (Å²) >= 11 is 0. The van der Waals surface area contributed by atoms with E-state index >= 15 is 0 Å². The number of aliphatic hydroxyl groups is 1. The fourth-order valence-corrected chi connectivity index (χ4v) is 1.72. The lowest BCUT2D eigenvalue weighted by Gasteiger charge is -2.22. The maximum atomic E-state index is 12.2. The van der Waals surface area contributed by atoms with Gasteiger partial charge in [0.2, 0.25) is 0 Å². The first kappa shape index (κ1) is 14.8. The molecule has 2 atom stereocenters. The molecule has 0 aliphatic heterocycles. The van der Waals surface area contributed by atoms with Gasteiger partial charge in [-0.05, 0) is 19.0 Å². The van der Waals surface area contributed by atoms with Crippen molar-refractivity contribution in [3.05, 3.63) is 29.8 Å². The van der Waals surface area contributed by atoms with Crippen LogP contribution in [-0.2, 0) is 0 Å². The van der Waals surface area contributed by atoms with Crippen LogP contribution in [0.1, 0.15) is 25.0 Å². The van der Waals surface area contributed by atoms with Gasteiger partial charge in [0.1, 0.15) is 5.75 Å². The van der Waals surface area contributed by atoms with E-state index in [1.54, 1.807) is 6.07 Å². The van der Waals surface area contributed by atoms with Crippen molar-refractivity contribution in [2.45, 2.75) is 25.8 Å². The molecule has 2 unspecified atom stereocenters. The summed E-state index contributed by atoms with van der Waals surface area (Å²) in [4.78, 5) is 0. The van der Waals surface area contributed by atoms with Gasteiger partial charge in [-0.15, -0.1) is 13.2 Å². The Balaban J connectivity index is 3.01. The van der Waals surface area contributed by atoms with Gasteiger partial charge in [-0.1, -0.05) is 25.1 Å². The molecule has 0 aliphatic rings. The average Bonchev–Trinajstić information content (AvgIpc) is 2.29. The van der Waals surface area contributed by atoms with E-state index in [4.69, 9.17) is 5.73 Å². The van der Waals surface area contributed by atoms with Crippen LogP contribution in [0.25, 0.3) is 0 Å². The van der Waals surface area contributed by atoms with E-state index in [9.17, 15) is 18.3 Å². The Hall–Kier alpha value is -1.27. The number of rotatable bonds is 5. The monoisotopic (exact) mass is 263 g/mol. The summed E-state index contributed by atoms with van der Waals surface area (Å²) in [6.45, 7) is 2.01. The van der Waals surface area contributed by atoms with Crippen LogP contribution in [0.4, 0.5) is 13.2 Å². The second-order valence-electron chi connectivity index (χ2n) is 3.93. The van der Waals surface area contributed by atoms with Crippen molar-refractivity contribution in [2.24, 2.45) is 11.7 Å². The molecule has 0 saturated carbocycles. The summed E-state index contributed by atoms with van der Waals surface area (Å²) in [7, 11) is 0. The van der Waals surface area contributed by atoms with E-state index < -0.39 is 12.5 Å². The third-order valence-electron chi connectivity index (χ3n) is 2.74. The number of para-hydroxylation sites is 1. The standard InChI is InChI=1S/C12H16F3NO2/c1-2-8(7-16)11(17)9-5-3-4-6-10(9)18-12(13,14)15/h3-6,8,11,17H,2,7,16H2,1H3. The summed E-state index contributed by atoms with van der Waals surface area (Å²) in [5.74, 6) is -0.688. The van der Waals surface area contributed by atoms with Crippen molar-refractivity contribution in [1.82, 2.24) is 0 Å². The third kappa shape index (κ3) is 3.89. The molecule has 1 aromatic carbocycles. The van der Waals surface area contributed by atoms with Crippen molar-refractivity contribution in [1.29, 1.82) is 0 Å². The molecule has 0 spiro atoms. The number of halogens is 3. The molecule has 18 heavy (non-hydrogen) atoms. The summed E-state index contributed by atoms with van der Waals surface area (Å²) in [5.41, 5.74) is 5.58. The van der Waals surface area contributed by atoms with Gasteiger partial charge < -0.3 is 15.6 Å². The minimum atomic E-state index is -4.78. The highest BCUT2D eigenvalue weighted by Crippen LogP contribution is 2.34. The number of hydrogen-bond donors (Lipinski definition) is 2. The molecule has 0 bridgehead atoms. The van der Waals surface area contributed by atoms with Gasteiger partial charge in [-0.3, -0.25) is 0 Å². The van der Waals surface area contributed by atoms with Crippen LogP contribution < -0.4 is 10.5 Å². The molecule has 1 rings (SSSR count). The van der Waals surface area contributed by atoms with Crippen molar-refractivity contribution in [3.8, 4) is 5.75 Å². The van der Waals surface area contributed by atoms with Gasteiger partial charge in [0.05, 0.1) is 6.10 Å². The van der Waals surface area contributed by atoms with Gasteiger partial charge in [0.25, 0.3) is 0 Å². The molecule has 0 heterocycles. The van der Waals surface area contributed by atoms with Crippen molar-refractivity contribution >= 4 is 0 Å². The van der Waals surface area contributed by atoms with E-state index in [1.807, 2.05) is 6.92 Å². The minimum absolute atomic E-state index is 0.104. The molecule has 1 aromatic rings. The molecular formula is C12H16F3NO2. The lowest BCUT2D eigenvalue weighted by molar-refractivity contribution is -0.275. The Morgan fingerprint density at radius 1 is 1.33 bits per heavy atom. The SMILES string of the molecule is CCC(CN)C(O)c1ccccc1OC(F)(F)F. The second kappa shape index (κ2) is 6.06. The van der Waals surface area contributed by atoms with Crippen LogP contribution in [0.5, 0.6) is 5.75 Å². The first-order valence-corrected chi connectivity index (χ1v) is 5.61. The van der Waals surface area contributed by atoms with E-state index in [0.717, 1.165) is 0 Å². The smallest absolute Gasteiger partial charge is 0.405 e. The molecule has 102 valence electrons. The molecule has 0 radical (unpaired) electrons. The van der Waals surface area contributed by atoms with Crippen LogP contribution >= 0.6 is 0 Å². The molecule has 0 saturated heterocycles. The van der Waals surface area contributed by atoms with E-state index in [-0.39, 0.29) is 23.8 Å². The predicted molar refractivity (Wildman–Crippen MR) is 60.9 cm³/mol. The van der Waals surface area contributed by atoms with Crippen LogP contribution in [0, 0.1) is 5.92 Å². The quantitative estimate of drug-likeness (QED) is 0.858. The highest BCUT2D eigenvalue weighted by atomic mass is 19.4. The highest BCUT2D eigenvalue weighted by molar-refractivity contribution is 5.35. The van der Waals surface area contributed by atoms with Crippen LogP contribution in [0.3, 0.4) is 0 Å². The fourth-order valence-electron chi connectivity index (χ4n) is 1.72. The van der Waals surface area contributed by atoms with E-state index in [2.05, 4.69) is 4.74 Å². The summed E-state index contributed by atoms with van der Waals surface area (Å²) in [6.07, 6.45) is -5.28. The van der Waals surface area contributed by atoms with Crippen molar-refractivity contribution in [3.63, 3.8) is 0 Å². The number of ether oxygens (including phenoxy) is 1. The number of alkyl halides is 3. The lowest BCUT2D eigenvalue weighted by atomic mass is 9.93. The van der Waals surface area contributed by atoms with Gasteiger partial charge in [0.15, 0.2) is 0 Å². The highest BCUT2D eigenvalue weighted by Gasteiger charge is 2.33. The Kier molecular flexibility index (Phi) is 4.98. The Morgan fingerprint density at radius 2 is 1.94 bits per heavy atom. The maximum absolute atomic E-state index is 12.2. The predicted octanol–water partition coefficient (Wildman–Crippen LogP) is 2.60. The van der Waals surface area contributed by atoms with Gasteiger partial charge >= 0.3 is 6.36 Å². The average molecular weight is 263 g/mol. The zero-order valence-electron chi connectivity index (χ0n) is 9.95. The zero-order chi connectivity index (χ0) is 13.8. The molecule has 6 heteroatoms. The lowest BCUT2D eigenvalue weighted by Crippen LogP contribution is -2.23. The Morgan fingerprint density at radius 3 is 2.44 bits per heavy atom. The molecular weight excluding hydrogens is 247 g/mol. The number of benzene rings is 1. The molecule has 0 amide bonds. The van der Waals surface area contributed by atoms with Gasteiger partial charge in [-0.2, -0.15) is 0 Å². The van der Waals surface area contributed by atoms with Crippen molar-refractivity contribution in [2.75, 3.05) is 6.54 Å². The minimum Gasteiger partial charge on any atom is -0.405 e. The third-order valence-corrected chi connectivity index (χ3v) is 2.74. The summed E-state index contributed by atoms with van der Waals surface area (Å²) < 4.78 is 40.6. The Bertz CT molecular complexity index is 378. The maximum Gasteiger partial charge on any atom is 0.573 e. The van der Waals surface area contributed by atoms with Crippen molar-refractivity contribution < 1.29 is 23.0 Å². The topological polar surface area (TPSA) is 55.5 Å². The molecule has 3 nitrogen and oxygen atoms in total. The van der Waals surface area contributed by atoms with Gasteiger partial charge in [-0.25, -0.2) is 0 Å². The first-order valence-electron chi connectivity index (χ1n) is 5.61. The molecule has 0 aliphatic carbocycles. The van der Waals surface area contributed by atoms with Crippen LogP contribution in [-0.4, -0.2) is 18.0 Å². The van der Waals surface area contributed by atoms with Gasteiger partial charge in [0, 0.05) is 11.5 Å². The number of aliphatic hydroxyl groups excluding tert-OH is 1. The normalized spacial score (nSPS) is 15.2. The first-order chi connectivity index (χ1) is 8.39. The largest absolute Gasteiger partial charge is 0.573 e. The fraction of sp³-hybridized carbons (Fsp3) is 0.500. The van der Waals surface area contributed by atoms with Crippen LogP contribution in [0.15, 0.2) is 24.3 Å². The molecule has 0 fully saturated rings. The Labute approximate surface area is 103 Å². The number of nitrogens with two attached hydrogens (primary N) is 1. The van der Waals surface area contributed by atoms with E-state index in [0.29, 0.717) is 6.42 Å². The van der Waals surface area contributed by atoms with E-state index in [1.165, 1.54) is 18.2 Å². The summed E-state index contributed by atoms with van der Waals surface area (Å²) in [5, 5.41) is 10.0. The zero-order valence-corrected chi connectivity index (χ0v) is 9.95. The number of hydrogen-bond acceptors (Lipinski definition) is 3. The second-order valence-corrected chi connectivity index (χ2v) is 3.93. The van der Waals surface area contributed by atoms with Crippen LogP contribution in [0.2, 0.25) is 0 Å². The molecule has 0 aromatic heterocycles.